The van der Waals surface area contributed by atoms with Crippen LogP contribution in [0.3, 0.4) is 0 Å². The Balaban J connectivity index is 1.65. The van der Waals surface area contributed by atoms with Gasteiger partial charge in [0.15, 0.2) is 0 Å². The van der Waals surface area contributed by atoms with Gasteiger partial charge in [-0.05, 0) is 23.8 Å². The molecule has 0 spiro atoms. The SMILES string of the molecule is O=C(c1ccc2c(c1)CCO2)N1CCN(CCCl)CC1. The summed E-state index contributed by atoms with van der Waals surface area (Å²) in [6.07, 6.45) is 0.903. The molecule has 108 valence electrons. The molecule has 1 aromatic carbocycles. The van der Waals surface area contributed by atoms with Gasteiger partial charge in [0.25, 0.3) is 5.91 Å². The normalized spacial score (nSPS) is 18.8. The van der Waals surface area contributed by atoms with E-state index in [4.69, 9.17) is 16.3 Å². The van der Waals surface area contributed by atoms with Crippen LogP contribution in [-0.2, 0) is 6.42 Å². The molecule has 1 aromatic rings. The lowest BCUT2D eigenvalue weighted by atomic mass is 10.1. The molecule has 5 heteroatoms. The monoisotopic (exact) mass is 294 g/mol. The second kappa shape index (κ2) is 6.02. The van der Waals surface area contributed by atoms with Crippen LogP contribution in [0.2, 0.25) is 0 Å². The highest BCUT2D eigenvalue weighted by Gasteiger charge is 2.23. The number of carbonyl (C=O) groups is 1. The van der Waals surface area contributed by atoms with E-state index in [-0.39, 0.29) is 5.91 Å². The molecule has 1 saturated heterocycles. The first-order valence-corrected chi connectivity index (χ1v) is 7.65. The van der Waals surface area contributed by atoms with E-state index in [1.165, 1.54) is 0 Å². The first kappa shape index (κ1) is 13.7. The lowest BCUT2D eigenvalue weighted by molar-refractivity contribution is 0.0644. The lowest BCUT2D eigenvalue weighted by Gasteiger charge is -2.34. The largest absolute Gasteiger partial charge is 0.493 e. The first-order valence-electron chi connectivity index (χ1n) is 7.11. The minimum Gasteiger partial charge on any atom is -0.493 e. The first-order chi connectivity index (χ1) is 9.78. The topological polar surface area (TPSA) is 32.8 Å². The third kappa shape index (κ3) is 2.76. The highest BCUT2D eigenvalue weighted by atomic mass is 35.5. The number of carbonyl (C=O) groups excluding carboxylic acids is 1. The number of rotatable bonds is 3. The summed E-state index contributed by atoms with van der Waals surface area (Å²) in [5, 5.41) is 0. The number of halogens is 1. The Morgan fingerprint density at radius 1 is 1.25 bits per heavy atom. The van der Waals surface area contributed by atoms with Gasteiger partial charge in [-0.25, -0.2) is 0 Å². The molecule has 0 unspecified atom stereocenters. The van der Waals surface area contributed by atoms with Crippen LogP contribution in [0.25, 0.3) is 0 Å². The summed E-state index contributed by atoms with van der Waals surface area (Å²) in [4.78, 5) is 16.7. The molecule has 0 radical (unpaired) electrons. The maximum atomic E-state index is 12.5. The van der Waals surface area contributed by atoms with Gasteiger partial charge in [-0.1, -0.05) is 0 Å². The average Bonchev–Trinajstić information content (AvgIpc) is 2.95. The maximum absolute atomic E-state index is 12.5. The van der Waals surface area contributed by atoms with Gasteiger partial charge in [-0.3, -0.25) is 9.69 Å². The summed E-state index contributed by atoms with van der Waals surface area (Å²) < 4.78 is 5.48. The summed E-state index contributed by atoms with van der Waals surface area (Å²) in [6.45, 7) is 5.01. The van der Waals surface area contributed by atoms with Crippen LogP contribution in [-0.4, -0.2) is 60.9 Å². The Morgan fingerprint density at radius 2 is 2.05 bits per heavy atom. The number of alkyl halides is 1. The lowest BCUT2D eigenvalue weighted by Crippen LogP contribution is -2.49. The number of nitrogens with zero attached hydrogens (tertiary/aromatic N) is 2. The zero-order chi connectivity index (χ0) is 13.9. The molecule has 4 nitrogen and oxygen atoms in total. The fourth-order valence-corrected chi connectivity index (χ4v) is 3.04. The van der Waals surface area contributed by atoms with Crippen LogP contribution in [0.15, 0.2) is 18.2 Å². The summed E-state index contributed by atoms with van der Waals surface area (Å²) in [5.74, 6) is 1.71. The van der Waals surface area contributed by atoms with Gasteiger partial charge in [-0.15, -0.1) is 11.6 Å². The van der Waals surface area contributed by atoms with Crippen LogP contribution in [0.1, 0.15) is 15.9 Å². The van der Waals surface area contributed by atoms with Crippen molar-refractivity contribution < 1.29 is 9.53 Å². The van der Waals surface area contributed by atoms with Gasteiger partial charge in [0, 0.05) is 50.6 Å². The van der Waals surface area contributed by atoms with Gasteiger partial charge >= 0.3 is 0 Å². The maximum Gasteiger partial charge on any atom is 0.253 e. The number of hydrogen-bond donors (Lipinski definition) is 0. The van der Waals surface area contributed by atoms with Gasteiger partial charge < -0.3 is 9.64 Å². The van der Waals surface area contributed by atoms with E-state index >= 15 is 0 Å². The summed E-state index contributed by atoms with van der Waals surface area (Å²) in [5.41, 5.74) is 1.93. The van der Waals surface area contributed by atoms with Crippen molar-refractivity contribution in [2.45, 2.75) is 6.42 Å². The van der Waals surface area contributed by atoms with Crippen LogP contribution >= 0.6 is 11.6 Å². The fraction of sp³-hybridized carbons (Fsp3) is 0.533. The Labute approximate surface area is 124 Å². The number of ether oxygens (including phenoxy) is 1. The van der Waals surface area contributed by atoms with Gasteiger partial charge in [-0.2, -0.15) is 0 Å². The molecule has 2 aliphatic heterocycles. The van der Waals surface area contributed by atoms with Crippen molar-refractivity contribution >= 4 is 17.5 Å². The van der Waals surface area contributed by atoms with E-state index in [0.717, 1.165) is 62.6 Å². The number of amides is 1. The van der Waals surface area contributed by atoms with Crippen LogP contribution < -0.4 is 4.74 Å². The van der Waals surface area contributed by atoms with Crippen molar-refractivity contribution in [2.24, 2.45) is 0 Å². The second-order valence-corrected chi connectivity index (χ2v) is 5.62. The summed E-state index contributed by atoms with van der Waals surface area (Å²) in [6, 6.07) is 5.77. The molecule has 0 saturated carbocycles. The third-order valence-corrected chi connectivity index (χ3v) is 4.17. The molecule has 20 heavy (non-hydrogen) atoms. The summed E-state index contributed by atoms with van der Waals surface area (Å²) in [7, 11) is 0. The Bertz CT molecular complexity index is 499. The van der Waals surface area contributed by atoms with E-state index in [2.05, 4.69) is 4.90 Å². The van der Waals surface area contributed by atoms with E-state index < -0.39 is 0 Å². The average molecular weight is 295 g/mol. The molecular weight excluding hydrogens is 276 g/mol. The molecule has 0 aliphatic carbocycles. The van der Waals surface area contributed by atoms with Crippen molar-refractivity contribution in [1.29, 1.82) is 0 Å². The Morgan fingerprint density at radius 3 is 2.80 bits per heavy atom. The smallest absolute Gasteiger partial charge is 0.253 e. The highest BCUT2D eigenvalue weighted by molar-refractivity contribution is 6.18. The van der Waals surface area contributed by atoms with E-state index in [0.29, 0.717) is 5.88 Å². The molecule has 0 aromatic heterocycles. The quantitative estimate of drug-likeness (QED) is 0.794. The third-order valence-electron chi connectivity index (χ3n) is 4.00. The van der Waals surface area contributed by atoms with Crippen molar-refractivity contribution in [1.82, 2.24) is 9.80 Å². The summed E-state index contributed by atoms with van der Waals surface area (Å²) >= 11 is 5.75. The Hall–Kier alpha value is -1.26. The fourth-order valence-electron chi connectivity index (χ4n) is 2.80. The molecule has 0 bridgehead atoms. The van der Waals surface area contributed by atoms with Crippen molar-refractivity contribution in [3.8, 4) is 5.75 Å². The molecule has 2 heterocycles. The number of benzene rings is 1. The van der Waals surface area contributed by atoms with Crippen LogP contribution in [0.5, 0.6) is 5.75 Å². The number of piperazine rings is 1. The van der Waals surface area contributed by atoms with E-state index in [9.17, 15) is 4.79 Å². The predicted molar refractivity (Wildman–Crippen MR) is 78.7 cm³/mol. The van der Waals surface area contributed by atoms with E-state index in [1.54, 1.807) is 0 Å². The highest BCUT2D eigenvalue weighted by Crippen LogP contribution is 2.26. The Kier molecular flexibility index (Phi) is 4.13. The van der Waals surface area contributed by atoms with Gasteiger partial charge in [0.2, 0.25) is 0 Å². The van der Waals surface area contributed by atoms with E-state index in [1.807, 2.05) is 23.1 Å². The minimum absolute atomic E-state index is 0.130. The van der Waals surface area contributed by atoms with Gasteiger partial charge in [0.1, 0.15) is 5.75 Å². The molecule has 1 fully saturated rings. The zero-order valence-corrected chi connectivity index (χ0v) is 12.2. The van der Waals surface area contributed by atoms with Crippen LogP contribution in [0.4, 0.5) is 0 Å². The molecule has 0 atom stereocenters. The molecule has 3 rings (SSSR count). The number of hydrogen-bond acceptors (Lipinski definition) is 3. The minimum atomic E-state index is 0.130. The predicted octanol–water partition coefficient (Wildman–Crippen LogP) is 1.62. The van der Waals surface area contributed by atoms with Crippen molar-refractivity contribution in [2.75, 3.05) is 45.2 Å². The molecule has 1 amide bonds. The second-order valence-electron chi connectivity index (χ2n) is 5.24. The van der Waals surface area contributed by atoms with Crippen molar-refractivity contribution in [3.05, 3.63) is 29.3 Å². The van der Waals surface area contributed by atoms with Gasteiger partial charge in [0.05, 0.1) is 6.61 Å². The van der Waals surface area contributed by atoms with Crippen molar-refractivity contribution in [3.63, 3.8) is 0 Å². The van der Waals surface area contributed by atoms with Crippen LogP contribution in [0, 0.1) is 0 Å². The standard InChI is InChI=1S/C15H19ClN2O2/c16-4-5-17-6-8-18(9-7-17)15(19)13-1-2-14-12(11-13)3-10-20-14/h1-2,11H,3-10H2. The molecule has 0 N–H and O–H groups in total. The number of fused-ring (bicyclic) bond motifs is 1. The molecular formula is C15H19ClN2O2. The zero-order valence-electron chi connectivity index (χ0n) is 11.5. The molecule has 2 aliphatic rings.